The Hall–Kier alpha value is -3.18. The minimum Gasteiger partial charge on any atom is -0.493 e. The lowest BCUT2D eigenvalue weighted by Gasteiger charge is -2.34. The SMILES string of the molecule is COc1ccc(S(=O)(=O)N2CCN(C(=O)NC(C)c3ccc4c(c3)OCCO4)CC2)cc1OC. The van der Waals surface area contributed by atoms with Gasteiger partial charge in [-0.15, -0.1) is 0 Å². The standard InChI is InChI=1S/C23H29N3O7S/c1-16(17-4-6-20-22(14-17)33-13-12-32-20)24-23(27)25-8-10-26(11-9-25)34(28,29)18-5-7-19(30-2)21(15-18)31-3/h4-7,14-16H,8-13H2,1-3H3,(H,24,27). The molecule has 0 radical (unpaired) electrons. The number of fused-ring (bicyclic) bond motifs is 1. The average Bonchev–Trinajstić information content (AvgIpc) is 2.87. The summed E-state index contributed by atoms with van der Waals surface area (Å²) in [5, 5.41) is 2.98. The second-order valence-corrected chi connectivity index (χ2v) is 9.92. The number of hydrogen-bond donors (Lipinski definition) is 1. The third-order valence-corrected chi connectivity index (χ3v) is 7.82. The third kappa shape index (κ3) is 4.85. The van der Waals surface area contributed by atoms with Crippen molar-refractivity contribution < 1.29 is 32.2 Å². The van der Waals surface area contributed by atoms with Crippen LogP contribution in [-0.2, 0) is 10.0 Å². The minimum absolute atomic E-state index is 0.121. The highest BCUT2D eigenvalue weighted by atomic mass is 32.2. The smallest absolute Gasteiger partial charge is 0.317 e. The quantitative estimate of drug-likeness (QED) is 0.661. The highest BCUT2D eigenvalue weighted by molar-refractivity contribution is 7.89. The Morgan fingerprint density at radius 2 is 1.62 bits per heavy atom. The van der Waals surface area contributed by atoms with Crippen LogP contribution in [0.25, 0.3) is 0 Å². The summed E-state index contributed by atoms with van der Waals surface area (Å²) < 4.78 is 49.1. The lowest BCUT2D eigenvalue weighted by molar-refractivity contribution is 0.168. The van der Waals surface area contributed by atoms with Crippen LogP contribution < -0.4 is 24.3 Å². The molecule has 1 atom stereocenters. The van der Waals surface area contributed by atoms with E-state index in [0.29, 0.717) is 36.2 Å². The molecule has 11 heteroatoms. The maximum Gasteiger partial charge on any atom is 0.317 e. The molecule has 2 amide bonds. The van der Waals surface area contributed by atoms with Crippen molar-refractivity contribution >= 4 is 16.1 Å². The Morgan fingerprint density at radius 3 is 2.29 bits per heavy atom. The molecule has 2 aromatic rings. The lowest BCUT2D eigenvalue weighted by atomic mass is 10.1. The minimum atomic E-state index is -3.73. The zero-order valence-electron chi connectivity index (χ0n) is 19.4. The molecule has 10 nitrogen and oxygen atoms in total. The van der Waals surface area contributed by atoms with Crippen LogP contribution in [0.15, 0.2) is 41.3 Å². The van der Waals surface area contributed by atoms with Crippen LogP contribution in [0.2, 0.25) is 0 Å². The first-order valence-corrected chi connectivity index (χ1v) is 12.4. The summed E-state index contributed by atoms with van der Waals surface area (Å²) >= 11 is 0. The number of nitrogens with one attached hydrogen (secondary N) is 1. The van der Waals surface area contributed by atoms with Gasteiger partial charge in [-0.1, -0.05) is 6.07 Å². The van der Waals surface area contributed by atoms with Gasteiger partial charge in [0.1, 0.15) is 13.2 Å². The fraction of sp³-hybridized carbons (Fsp3) is 0.435. The fourth-order valence-electron chi connectivity index (χ4n) is 3.95. The normalized spacial score (nSPS) is 17.1. The van der Waals surface area contributed by atoms with Gasteiger partial charge in [0.15, 0.2) is 23.0 Å². The number of piperazine rings is 1. The fourth-order valence-corrected chi connectivity index (χ4v) is 5.38. The van der Waals surface area contributed by atoms with Gasteiger partial charge in [0.2, 0.25) is 10.0 Å². The van der Waals surface area contributed by atoms with Gasteiger partial charge in [0.25, 0.3) is 0 Å². The molecule has 0 aromatic heterocycles. The maximum atomic E-state index is 13.1. The van der Waals surface area contributed by atoms with Crippen LogP contribution in [0.4, 0.5) is 4.79 Å². The van der Waals surface area contributed by atoms with Crippen molar-refractivity contribution in [3.05, 3.63) is 42.0 Å². The van der Waals surface area contributed by atoms with Crippen molar-refractivity contribution in [3.8, 4) is 23.0 Å². The van der Waals surface area contributed by atoms with Gasteiger partial charge in [0.05, 0.1) is 25.2 Å². The van der Waals surface area contributed by atoms with E-state index in [9.17, 15) is 13.2 Å². The molecule has 0 spiro atoms. The molecule has 0 bridgehead atoms. The van der Waals surface area contributed by atoms with E-state index in [-0.39, 0.29) is 43.1 Å². The van der Waals surface area contributed by atoms with Crippen LogP contribution in [0, 0.1) is 0 Å². The first-order chi connectivity index (χ1) is 16.3. The molecule has 1 saturated heterocycles. The predicted octanol–water partition coefficient (Wildman–Crippen LogP) is 2.25. The predicted molar refractivity (Wildman–Crippen MR) is 124 cm³/mol. The number of ether oxygens (including phenoxy) is 4. The maximum absolute atomic E-state index is 13.1. The second kappa shape index (κ2) is 9.98. The molecule has 2 heterocycles. The Bertz CT molecular complexity index is 1150. The first kappa shape index (κ1) is 24.0. The lowest BCUT2D eigenvalue weighted by Crippen LogP contribution is -2.53. The number of benzene rings is 2. The molecule has 184 valence electrons. The van der Waals surface area contributed by atoms with E-state index in [4.69, 9.17) is 18.9 Å². The highest BCUT2D eigenvalue weighted by Gasteiger charge is 2.31. The van der Waals surface area contributed by atoms with Crippen LogP contribution in [0.5, 0.6) is 23.0 Å². The van der Waals surface area contributed by atoms with Crippen LogP contribution in [0.3, 0.4) is 0 Å². The van der Waals surface area contributed by atoms with Gasteiger partial charge in [0, 0.05) is 32.2 Å². The van der Waals surface area contributed by atoms with E-state index in [1.165, 1.54) is 30.7 Å². The van der Waals surface area contributed by atoms with Crippen molar-refractivity contribution in [2.24, 2.45) is 0 Å². The monoisotopic (exact) mass is 491 g/mol. The van der Waals surface area contributed by atoms with Crippen molar-refractivity contribution in [2.75, 3.05) is 53.6 Å². The summed E-state index contributed by atoms with van der Waals surface area (Å²) in [6.45, 7) is 3.87. The molecule has 34 heavy (non-hydrogen) atoms. The number of urea groups is 1. The zero-order valence-corrected chi connectivity index (χ0v) is 20.3. The van der Waals surface area contributed by atoms with Gasteiger partial charge in [-0.05, 0) is 36.8 Å². The van der Waals surface area contributed by atoms with Gasteiger partial charge in [-0.3, -0.25) is 0 Å². The first-order valence-electron chi connectivity index (χ1n) is 11.0. The topological polar surface area (TPSA) is 107 Å². The molecular weight excluding hydrogens is 462 g/mol. The van der Waals surface area contributed by atoms with Crippen LogP contribution >= 0.6 is 0 Å². The summed E-state index contributed by atoms with van der Waals surface area (Å²) in [6, 6.07) is 9.60. The molecule has 2 aliphatic rings. The zero-order chi connectivity index (χ0) is 24.3. The summed E-state index contributed by atoms with van der Waals surface area (Å²) in [5.74, 6) is 2.16. The number of carbonyl (C=O) groups is 1. The molecule has 2 aromatic carbocycles. The summed E-state index contributed by atoms with van der Waals surface area (Å²) in [5.41, 5.74) is 0.896. The van der Waals surface area contributed by atoms with Gasteiger partial charge < -0.3 is 29.2 Å². The molecule has 1 unspecified atom stereocenters. The molecule has 4 rings (SSSR count). The molecule has 0 saturated carbocycles. The molecule has 2 aliphatic heterocycles. The van der Waals surface area contributed by atoms with E-state index >= 15 is 0 Å². The Balaban J connectivity index is 1.36. The summed E-state index contributed by atoms with van der Waals surface area (Å²) in [4.78, 5) is 14.6. The van der Waals surface area contributed by atoms with E-state index in [2.05, 4.69) is 5.32 Å². The summed E-state index contributed by atoms with van der Waals surface area (Å²) in [6.07, 6.45) is 0. The number of nitrogens with zero attached hydrogens (tertiary/aromatic N) is 2. The summed E-state index contributed by atoms with van der Waals surface area (Å²) in [7, 11) is -0.783. The van der Waals surface area contributed by atoms with E-state index in [1.54, 1.807) is 11.0 Å². The largest absolute Gasteiger partial charge is 0.493 e. The molecule has 1 fully saturated rings. The Kier molecular flexibility index (Phi) is 7.03. The number of rotatable bonds is 6. The van der Waals surface area contributed by atoms with Gasteiger partial charge in [-0.2, -0.15) is 4.31 Å². The van der Waals surface area contributed by atoms with E-state index in [0.717, 1.165) is 5.56 Å². The number of sulfonamides is 1. The second-order valence-electron chi connectivity index (χ2n) is 7.98. The van der Waals surface area contributed by atoms with Crippen molar-refractivity contribution in [1.82, 2.24) is 14.5 Å². The van der Waals surface area contributed by atoms with Crippen molar-refractivity contribution in [1.29, 1.82) is 0 Å². The van der Waals surface area contributed by atoms with Crippen molar-refractivity contribution in [3.63, 3.8) is 0 Å². The third-order valence-electron chi connectivity index (χ3n) is 5.92. The number of methoxy groups -OCH3 is 2. The Labute approximate surface area is 199 Å². The number of carbonyl (C=O) groups excluding carboxylic acids is 1. The highest BCUT2D eigenvalue weighted by Crippen LogP contribution is 2.33. The molecular formula is C23H29N3O7S. The van der Waals surface area contributed by atoms with Crippen molar-refractivity contribution in [2.45, 2.75) is 17.9 Å². The number of amides is 2. The average molecular weight is 492 g/mol. The van der Waals surface area contributed by atoms with Crippen LogP contribution in [0.1, 0.15) is 18.5 Å². The van der Waals surface area contributed by atoms with E-state index in [1.807, 2.05) is 25.1 Å². The van der Waals surface area contributed by atoms with E-state index < -0.39 is 10.0 Å². The molecule has 1 N–H and O–H groups in total. The Morgan fingerprint density at radius 1 is 0.941 bits per heavy atom. The number of hydrogen-bond acceptors (Lipinski definition) is 7. The molecule has 0 aliphatic carbocycles. The van der Waals surface area contributed by atoms with Gasteiger partial charge in [-0.25, -0.2) is 13.2 Å². The van der Waals surface area contributed by atoms with Gasteiger partial charge >= 0.3 is 6.03 Å². The van der Waals surface area contributed by atoms with Crippen LogP contribution in [-0.4, -0.2) is 77.3 Å².